The van der Waals surface area contributed by atoms with E-state index in [0.717, 1.165) is 6.07 Å². The van der Waals surface area contributed by atoms with E-state index in [1.807, 2.05) is 0 Å². The number of methoxy groups -OCH3 is 2. The average Bonchev–Trinajstić information content (AvgIpc) is 2.35. The number of halogens is 3. The molecule has 1 aromatic carbocycles. The monoisotopic (exact) mass is 265 g/mol. The Morgan fingerprint density at radius 3 is 2.22 bits per heavy atom. The van der Waals surface area contributed by atoms with Crippen molar-refractivity contribution in [1.82, 2.24) is 0 Å². The Hall–Kier alpha value is -1.47. The van der Waals surface area contributed by atoms with Crippen LogP contribution in [-0.2, 0) is 5.60 Å². The van der Waals surface area contributed by atoms with Crippen molar-refractivity contribution in [3.05, 3.63) is 23.8 Å². The third-order valence-electron chi connectivity index (χ3n) is 2.62. The molecule has 4 nitrogen and oxygen atoms in total. The molecule has 0 heterocycles. The zero-order valence-corrected chi connectivity index (χ0v) is 9.91. The quantitative estimate of drug-likeness (QED) is 0.864. The van der Waals surface area contributed by atoms with Crippen LogP contribution in [0, 0.1) is 0 Å². The highest BCUT2D eigenvalue weighted by atomic mass is 19.4. The summed E-state index contributed by atoms with van der Waals surface area (Å²) in [7, 11) is 2.51. The molecule has 0 aliphatic rings. The second kappa shape index (κ2) is 5.03. The standard InChI is InChI=1S/C11H14F3NO3/c1-17-7-3-4-9(18-2)8(5-7)10(16,6-15)11(12,13)14/h3-5,16H,6,15H2,1-2H3. The number of aliphatic hydroxyl groups is 1. The maximum atomic E-state index is 12.9. The van der Waals surface area contributed by atoms with Crippen LogP contribution < -0.4 is 15.2 Å². The smallest absolute Gasteiger partial charge is 0.422 e. The van der Waals surface area contributed by atoms with Crippen LogP contribution >= 0.6 is 0 Å². The third-order valence-corrected chi connectivity index (χ3v) is 2.62. The SMILES string of the molecule is COc1ccc(OC)c(C(O)(CN)C(F)(F)F)c1. The minimum absolute atomic E-state index is 0.110. The molecule has 0 radical (unpaired) electrons. The number of hydrogen-bond acceptors (Lipinski definition) is 4. The summed E-state index contributed by atoms with van der Waals surface area (Å²) in [5.74, 6) is 0.0583. The summed E-state index contributed by atoms with van der Waals surface area (Å²) >= 11 is 0. The first kappa shape index (κ1) is 14.6. The van der Waals surface area contributed by atoms with E-state index < -0.39 is 23.9 Å². The normalized spacial score (nSPS) is 15.1. The molecule has 0 aromatic heterocycles. The Balaban J connectivity index is 3.44. The highest BCUT2D eigenvalue weighted by Gasteiger charge is 2.55. The molecule has 0 aliphatic heterocycles. The average molecular weight is 265 g/mol. The van der Waals surface area contributed by atoms with Gasteiger partial charge >= 0.3 is 6.18 Å². The Morgan fingerprint density at radius 2 is 1.83 bits per heavy atom. The second-order valence-corrected chi connectivity index (χ2v) is 3.63. The van der Waals surface area contributed by atoms with E-state index in [1.165, 1.54) is 26.4 Å². The van der Waals surface area contributed by atoms with Gasteiger partial charge in [-0.25, -0.2) is 0 Å². The van der Waals surface area contributed by atoms with Gasteiger partial charge in [0, 0.05) is 12.1 Å². The van der Waals surface area contributed by atoms with E-state index in [2.05, 4.69) is 0 Å². The van der Waals surface area contributed by atoms with Crippen LogP contribution in [0.25, 0.3) is 0 Å². The predicted octanol–water partition coefficient (Wildman–Crippen LogP) is 1.41. The highest BCUT2D eigenvalue weighted by molar-refractivity contribution is 5.44. The van der Waals surface area contributed by atoms with Gasteiger partial charge in [-0.15, -0.1) is 0 Å². The van der Waals surface area contributed by atoms with E-state index in [9.17, 15) is 18.3 Å². The fourth-order valence-corrected chi connectivity index (χ4v) is 1.52. The molecule has 18 heavy (non-hydrogen) atoms. The maximum Gasteiger partial charge on any atom is 0.422 e. The molecule has 1 aromatic rings. The summed E-state index contributed by atoms with van der Waals surface area (Å²) in [5.41, 5.74) is 1.43. The van der Waals surface area contributed by atoms with Crippen LogP contribution in [0.1, 0.15) is 5.56 Å². The first-order valence-corrected chi connectivity index (χ1v) is 5.02. The van der Waals surface area contributed by atoms with Crippen LogP contribution in [0.4, 0.5) is 13.2 Å². The van der Waals surface area contributed by atoms with E-state index in [4.69, 9.17) is 15.2 Å². The first-order valence-electron chi connectivity index (χ1n) is 5.02. The fraction of sp³-hybridized carbons (Fsp3) is 0.455. The van der Waals surface area contributed by atoms with Gasteiger partial charge in [0.2, 0.25) is 5.60 Å². The van der Waals surface area contributed by atoms with Crippen molar-refractivity contribution in [1.29, 1.82) is 0 Å². The molecule has 0 saturated heterocycles. The summed E-state index contributed by atoms with van der Waals surface area (Å²) in [6, 6.07) is 3.76. The largest absolute Gasteiger partial charge is 0.497 e. The molecule has 0 bridgehead atoms. The first-order chi connectivity index (χ1) is 8.30. The summed E-state index contributed by atoms with van der Waals surface area (Å²) < 4.78 is 48.4. The summed E-state index contributed by atoms with van der Waals surface area (Å²) in [6.07, 6.45) is -4.92. The molecule has 3 N–H and O–H groups in total. The van der Waals surface area contributed by atoms with E-state index >= 15 is 0 Å². The molecule has 0 spiro atoms. The highest BCUT2D eigenvalue weighted by Crippen LogP contribution is 2.43. The minimum Gasteiger partial charge on any atom is -0.497 e. The van der Waals surface area contributed by atoms with Gasteiger partial charge in [0.05, 0.1) is 14.2 Å². The van der Waals surface area contributed by atoms with Gasteiger partial charge in [-0.1, -0.05) is 0 Å². The Bertz CT molecular complexity index is 422. The molecular formula is C11H14F3NO3. The fourth-order valence-electron chi connectivity index (χ4n) is 1.52. The summed E-state index contributed by atoms with van der Waals surface area (Å²) in [6.45, 7) is -1.01. The lowest BCUT2D eigenvalue weighted by Crippen LogP contribution is -2.48. The molecule has 1 rings (SSSR count). The molecular weight excluding hydrogens is 251 g/mol. The van der Waals surface area contributed by atoms with E-state index in [0.29, 0.717) is 0 Å². The maximum absolute atomic E-state index is 12.9. The number of benzene rings is 1. The Morgan fingerprint density at radius 1 is 1.22 bits per heavy atom. The molecule has 102 valence electrons. The lowest BCUT2D eigenvalue weighted by Gasteiger charge is -2.30. The van der Waals surface area contributed by atoms with Crippen molar-refractivity contribution in [2.75, 3.05) is 20.8 Å². The van der Waals surface area contributed by atoms with Gasteiger partial charge < -0.3 is 20.3 Å². The predicted molar refractivity (Wildman–Crippen MR) is 58.6 cm³/mol. The molecule has 0 aliphatic carbocycles. The van der Waals surface area contributed by atoms with Crippen molar-refractivity contribution in [3.8, 4) is 11.5 Å². The van der Waals surface area contributed by atoms with Crippen molar-refractivity contribution in [2.24, 2.45) is 5.73 Å². The Labute approximate surface area is 102 Å². The van der Waals surface area contributed by atoms with E-state index in [1.54, 1.807) is 0 Å². The van der Waals surface area contributed by atoms with Crippen LogP contribution in [0.5, 0.6) is 11.5 Å². The number of hydrogen-bond donors (Lipinski definition) is 2. The van der Waals surface area contributed by atoms with Gasteiger partial charge in [-0.3, -0.25) is 0 Å². The lowest BCUT2D eigenvalue weighted by atomic mass is 9.92. The molecule has 0 fully saturated rings. The van der Waals surface area contributed by atoms with Gasteiger partial charge in [0.1, 0.15) is 11.5 Å². The van der Waals surface area contributed by atoms with Crippen LogP contribution in [0.3, 0.4) is 0 Å². The zero-order valence-electron chi connectivity index (χ0n) is 9.91. The van der Waals surface area contributed by atoms with Crippen molar-refractivity contribution < 1.29 is 27.8 Å². The number of ether oxygens (including phenoxy) is 2. The number of alkyl halides is 3. The number of nitrogens with two attached hydrogens (primary N) is 1. The second-order valence-electron chi connectivity index (χ2n) is 3.63. The Kier molecular flexibility index (Phi) is 4.08. The molecule has 1 atom stereocenters. The van der Waals surface area contributed by atoms with Gasteiger partial charge in [-0.2, -0.15) is 13.2 Å². The van der Waals surface area contributed by atoms with Gasteiger partial charge in [0.15, 0.2) is 0 Å². The zero-order chi connectivity index (χ0) is 14.0. The molecule has 1 unspecified atom stereocenters. The van der Waals surface area contributed by atoms with Gasteiger partial charge in [-0.05, 0) is 18.2 Å². The summed E-state index contributed by atoms with van der Waals surface area (Å²) in [4.78, 5) is 0. The van der Waals surface area contributed by atoms with Crippen LogP contribution in [0.15, 0.2) is 18.2 Å². The van der Waals surface area contributed by atoms with Crippen molar-refractivity contribution in [3.63, 3.8) is 0 Å². The van der Waals surface area contributed by atoms with Crippen molar-refractivity contribution >= 4 is 0 Å². The molecule has 0 saturated carbocycles. The van der Waals surface area contributed by atoms with Crippen LogP contribution in [-0.4, -0.2) is 32.0 Å². The summed E-state index contributed by atoms with van der Waals surface area (Å²) in [5, 5.41) is 9.77. The van der Waals surface area contributed by atoms with E-state index in [-0.39, 0.29) is 11.5 Å². The lowest BCUT2D eigenvalue weighted by molar-refractivity contribution is -0.262. The molecule has 0 amide bonds. The minimum atomic E-state index is -4.92. The topological polar surface area (TPSA) is 64.7 Å². The number of rotatable bonds is 4. The van der Waals surface area contributed by atoms with Crippen LogP contribution in [0.2, 0.25) is 0 Å². The van der Waals surface area contributed by atoms with Gasteiger partial charge in [0.25, 0.3) is 0 Å². The third kappa shape index (κ3) is 2.37. The van der Waals surface area contributed by atoms with Crippen molar-refractivity contribution in [2.45, 2.75) is 11.8 Å². The molecule has 7 heteroatoms.